The molecule has 1 fully saturated rings. The van der Waals surface area contributed by atoms with Gasteiger partial charge in [-0.25, -0.2) is 0 Å². The van der Waals surface area contributed by atoms with E-state index in [1.807, 2.05) is 71.6 Å². The van der Waals surface area contributed by atoms with Crippen LogP contribution < -0.4 is 10.1 Å². The number of amides is 1. The van der Waals surface area contributed by atoms with Crippen LogP contribution in [0.15, 0.2) is 79.1 Å². The van der Waals surface area contributed by atoms with Crippen LogP contribution in [-0.2, 0) is 0 Å². The van der Waals surface area contributed by atoms with E-state index in [9.17, 15) is 4.79 Å². The van der Waals surface area contributed by atoms with Crippen molar-refractivity contribution in [2.75, 3.05) is 26.2 Å². The largest absolute Gasteiger partial charge is 0.490 e. The summed E-state index contributed by atoms with van der Waals surface area (Å²) in [5, 5.41) is 3.36. The quantitative estimate of drug-likeness (QED) is 0.746. The molecule has 28 heavy (non-hydrogen) atoms. The van der Waals surface area contributed by atoms with Crippen molar-refractivity contribution in [3.63, 3.8) is 0 Å². The summed E-state index contributed by atoms with van der Waals surface area (Å²) >= 11 is 0. The van der Waals surface area contributed by atoms with Crippen LogP contribution >= 0.6 is 0 Å². The Morgan fingerprint density at radius 1 is 1.07 bits per heavy atom. The molecule has 1 aromatic heterocycles. The van der Waals surface area contributed by atoms with Gasteiger partial charge < -0.3 is 15.0 Å². The second-order valence-corrected chi connectivity index (χ2v) is 6.77. The van der Waals surface area contributed by atoms with E-state index in [0.29, 0.717) is 25.4 Å². The van der Waals surface area contributed by atoms with E-state index in [1.54, 1.807) is 12.4 Å². The summed E-state index contributed by atoms with van der Waals surface area (Å²) in [6.45, 7) is 2.57. The number of pyridine rings is 1. The van der Waals surface area contributed by atoms with Crippen molar-refractivity contribution >= 4 is 5.91 Å². The highest BCUT2D eigenvalue weighted by Gasteiger charge is 2.29. The van der Waals surface area contributed by atoms with Gasteiger partial charge in [0.25, 0.3) is 5.91 Å². The fourth-order valence-electron chi connectivity index (χ4n) is 3.50. The summed E-state index contributed by atoms with van der Waals surface area (Å²) in [5.41, 5.74) is 2.73. The molecule has 0 bridgehead atoms. The van der Waals surface area contributed by atoms with Gasteiger partial charge in [0.1, 0.15) is 12.4 Å². The number of carbonyl (C=O) groups is 1. The number of nitrogens with one attached hydrogen (secondary N) is 1. The van der Waals surface area contributed by atoms with Gasteiger partial charge >= 0.3 is 0 Å². The molecule has 0 aliphatic carbocycles. The van der Waals surface area contributed by atoms with Gasteiger partial charge in [-0.1, -0.05) is 48.5 Å². The van der Waals surface area contributed by atoms with Gasteiger partial charge in [-0.05, 0) is 29.3 Å². The van der Waals surface area contributed by atoms with Crippen LogP contribution in [0.4, 0.5) is 0 Å². The van der Waals surface area contributed by atoms with E-state index < -0.39 is 0 Å². The fraction of sp³-hybridized carbons (Fsp3) is 0.217. The Morgan fingerprint density at radius 2 is 1.89 bits per heavy atom. The molecule has 5 nitrogen and oxygen atoms in total. The van der Waals surface area contributed by atoms with E-state index in [2.05, 4.69) is 10.3 Å². The molecule has 1 aliphatic heterocycles. The maximum Gasteiger partial charge on any atom is 0.254 e. The number of benzene rings is 2. The number of hydrogen-bond acceptors (Lipinski definition) is 4. The highest BCUT2D eigenvalue weighted by atomic mass is 16.5. The third kappa shape index (κ3) is 4.05. The summed E-state index contributed by atoms with van der Waals surface area (Å²) in [4.78, 5) is 19.4. The Balaban J connectivity index is 1.56. The number of carbonyl (C=O) groups excluding carboxylic acids is 1. The number of ether oxygens (including phenoxy) is 1. The first-order valence-corrected chi connectivity index (χ1v) is 9.52. The van der Waals surface area contributed by atoms with Crippen LogP contribution in [0, 0.1) is 0 Å². The lowest BCUT2D eigenvalue weighted by Crippen LogP contribution is -2.56. The van der Waals surface area contributed by atoms with Gasteiger partial charge in [0.2, 0.25) is 0 Å². The average Bonchev–Trinajstić information content (AvgIpc) is 2.79. The molecule has 1 aliphatic rings. The highest BCUT2D eigenvalue weighted by molar-refractivity contribution is 6.01. The second kappa shape index (κ2) is 8.67. The Bertz CT molecular complexity index is 915. The molecule has 1 atom stereocenters. The molecule has 1 N–H and O–H groups in total. The highest BCUT2D eigenvalue weighted by Crippen LogP contribution is 2.25. The zero-order valence-corrected chi connectivity index (χ0v) is 15.6. The minimum Gasteiger partial charge on any atom is -0.490 e. The maximum absolute atomic E-state index is 13.4. The zero-order chi connectivity index (χ0) is 19.2. The van der Waals surface area contributed by atoms with E-state index in [4.69, 9.17) is 4.74 Å². The standard InChI is InChI=1S/C23H23N3O2/c27-23(22-11-5-4-10-21(22)18-7-2-1-3-8-18)26-14-13-25-15-19(26)17-28-20-9-6-12-24-16-20/h1-12,16,19,25H,13-15,17H2. The van der Waals surface area contributed by atoms with E-state index in [0.717, 1.165) is 23.2 Å². The van der Waals surface area contributed by atoms with Gasteiger partial charge in [0.15, 0.2) is 0 Å². The molecule has 0 radical (unpaired) electrons. The van der Waals surface area contributed by atoms with Crippen LogP contribution in [0.3, 0.4) is 0 Å². The molecule has 1 unspecified atom stereocenters. The number of hydrogen-bond donors (Lipinski definition) is 1. The molecule has 0 spiro atoms. The molecule has 142 valence electrons. The minimum absolute atomic E-state index is 0.0368. The van der Waals surface area contributed by atoms with Crippen molar-refractivity contribution in [3.8, 4) is 16.9 Å². The predicted molar refractivity (Wildman–Crippen MR) is 109 cm³/mol. The first-order valence-electron chi connectivity index (χ1n) is 9.52. The Hall–Kier alpha value is -3.18. The minimum atomic E-state index is -0.0368. The van der Waals surface area contributed by atoms with Crippen LogP contribution in [0.5, 0.6) is 5.75 Å². The van der Waals surface area contributed by atoms with Gasteiger partial charge in [-0.15, -0.1) is 0 Å². The maximum atomic E-state index is 13.4. The number of nitrogens with zero attached hydrogens (tertiary/aromatic N) is 2. The van der Waals surface area contributed by atoms with E-state index in [1.165, 1.54) is 0 Å². The molecular weight excluding hydrogens is 350 g/mol. The number of aromatic nitrogens is 1. The molecular formula is C23H23N3O2. The van der Waals surface area contributed by atoms with Crippen molar-refractivity contribution < 1.29 is 9.53 Å². The third-order valence-electron chi connectivity index (χ3n) is 4.93. The van der Waals surface area contributed by atoms with Crippen molar-refractivity contribution in [1.29, 1.82) is 0 Å². The molecule has 2 aromatic carbocycles. The van der Waals surface area contributed by atoms with Crippen LogP contribution in [0.1, 0.15) is 10.4 Å². The van der Waals surface area contributed by atoms with E-state index >= 15 is 0 Å². The second-order valence-electron chi connectivity index (χ2n) is 6.77. The lowest BCUT2D eigenvalue weighted by Gasteiger charge is -2.36. The molecule has 0 saturated carbocycles. The SMILES string of the molecule is O=C(c1ccccc1-c1ccccc1)N1CCNCC1COc1cccnc1. The van der Waals surface area contributed by atoms with Crippen LogP contribution in [0.2, 0.25) is 0 Å². The van der Waals surface area contributed by atoms with Crippen LogP contribution in [0.25, 0.3) is 11.1 Å². The van der Waals surface area contributed by atoms with Crippen molar-refractivity contribution in [3.05, 3.63) is 84.7 Å². The smallest absolute Gasteiger partial charge is 0.254 e. The topological polar surface area (TPSA) is 54.5 Å². The molecule has 4 rings (SSSR count). The van der Waals surface area contributed by atoms with Crippen molar-refractivity contribution in [2.45, 2.75) is 6.04 Å². The first kappa shape index (κ1) is 18.2. The molecule has 1 amide bonds. The van der Waals surface area contributed by atoms with E-state index in [-0.39, 0.29) is 11.9 Å². The summed E-state index contributed by atoms with van der Waals surface area (Å²) in [6.07, 6.45) is 3.40. The summed E-state index contributed by atoms with van der Waals surface area (Å²) in [6, 6.07) is 21.5. The van der Waals surface area contributed by atoms with Crippen LogP contribution in [-0.4, -0.2) is 48.1 Å². The van der Waals surface area contributed by atoms with Gasteiger partial charge in [-0.3, -0.25) is 9.78 Å². The lowest BCUT2D eigenvalue weighted by molar-refractivity contribution is 0.0560. The summed E-state index contributed by atoms with van der Waals surface area (Å²) in [7, 11) is 0. The summed E-state index contributed by atoms with van der Waals surface area (Å²) < 4.78 is 5.88. The third-order valence-corrected chi connectivity index (χ3v) is 4.93. The Morgan fingerprint density at radius 3 is 2.71 bits per heavy atom. The molecule has 3 aromatic rings. The monoisotopic (exact) mass is 373 g/mol. The van der Waals surface area contributed by atoms with Gasteiger partial charge in [-0.2, -0.15) is 0 Å². The van der Waals surface area contributed by atoms with Crippen molar-refractivity contribution in [2.24, 2.45) is 0 Å². The predicted octanol–water partition coefficient (Wildman–Crippen LogP) is 3.24. The Labute approximate surface area is 165 Å². The fourth-order valence-corrected chi connectivity index (χ4v) is 3.50. The van der Waals surface area contributed by atoms with Gasteiger partial charge in [0.05, 0.1) is 12.2 Å². The molecule has 2 heterocycles. The first-order chi connectivity index (χ1) is 13.8. The van der Waals surface area contributed by atoms with Gasteiger partial charge in [0, 0.05) is 31.4 Å². The zero-order valence-electron chi connectivity index (χ0n) is 15.6. The van der Waals surface area contributed by atoms with Crippen molar-refractivity contribution in [1.82, 2.24) is 15.2 Å². The molecule has 1 saturated heterocycles. The summed E-state index contributed by atoms with van der Waals surface area (Å²) in [5.74, 6) is 0.755. The Kier molecular flexibility index (Phi) is 5.64. The number of piperazine rings is 1. The molecule has 5 heteroatoms. The lowest BCUT2D eigenvalue weighted by atomic mass is 9.98. The number of rotatable bonds is 5. The normalized spacial score (nSPS) is 16.6. The average molecular weight is 373 g/mol.